The molecule has 2 aliphatic rings. The zero-order valence-electron chi connectivity index (χ0n) is 18.9. The van der Waals surface area contributed by atoms with Gasteiger partial charge in [0.05, 0.1) is 6.04 Å². The van der Waals surface area contributed by atoms with E-state index in [4.69, 9.17) is 4.74 Å². The number of alkyl carbamates (subject to hydrolysis) is 1. The molecule has 4 rings (SSSR count). The van der Waals surface area contributed by atoms with Crippen LogP contribution in [0.25, 0.3) is 11.1 Å². The first-order valence-electron chi connectivity index (χ1n) is 11.0. The minimum absolute atomic E-state index is 0.0170. The average Bonchev–Trinajstić information content (AvgIpc) is 3.29. The molecule has 8 heteroatoms. The van der Waals surface area contributed by atoms with Crippen LogP contribution in [-0.2, 0) is 9.53 Å². The number of carboxylic acid groups (broad SMARTS) is 2. The molecular weight excluding hydrogens is 424 g/mol. The number of fused-ring (bicyclic) bond motifs is 3. The van der Waals surface area contributed by atoms with Gasteiger partial charge in [0.15, 0.2) is 6.04 Å². The molecule has 3 atom stereocenters. The van der Waals surface area contributed by atoms with Gasteiger partial charge in [-0.15, -0.1) is 0 Å². The molecule has 3 N–H and O–H groups in total. The van der Waals surface area contributed by atoms with E-state index in [1.807, 2.05) is 36.4 Å². The van der Waals surface area contributed by atoms with Gasteiger partial charge < -0.3 is 20.3 Å². The average molecular weight is 454 g/mol. The van der Waals surface area contributed by atoms with Crippen LogP contribution in [-0.4, -0.2) is 63.6 Å². The third-order valence-corrected chi connectivity index (χ3v) is 7.04. The van der Waals surface area contributed by atoms with E-state index in [1.54, 1.807) is 20.8 Å². The lowest BCUT2D eigenvalue weighted by molar-refractivity contribution is -0.907. The van der Waals surface area contributed by atoms with Crippen LogP contribution >= 0.6 is 0 Å². The van der Waals surface area contributed by atoms with Crippen molar-refractivity contribution in [2.24, 2.45) is 0 Å². The number of amides is 2. The number of carbonyl (C=O) groups excluding carboxylic acids is 1. The van der Waals surface area contributed by atoms with E-state index >= 15 is 0 Å². The van der Waals surface area contributed by atoms with Crippen LogP contribution in [0, 0.1) is 0 Å². The van der Waals surface area contributed by atoms with Gasteiger partial charge in [0, 0.05) is 12.3 Å². The minimum Gasteiger partial charge on any atom is -0.477 e. The van der Waals surface area contributed by atoms with Gasteiger partial charge in [0.1, 0.15) is 18.7 Å². The Hall–Kier alpha value is -3.39. The fraction of sp³-hybridized carbons (Fsp3) is 0.400. The van der Waals surface area contributed by atoms with Gasteiger partial charge >= 0.3 is 18.2 Å². The predicted octanol–water partition coefficient (Wildman–Crippen LogP) is 4.04. The van der Waals surface area contributed by atoms with Gasteiger partial charge in [-0.25, -0.2) is 14.1 Å². The number of rotatable bonds is 4. The molecule has 0 spiro atoms. The standard InChI is InChI=1S/C25H28N2O6/c1-25(2,3)27(24(31)32)13-15(12-21(27)22(28)29)26-23(30)33-14-20-18-10-6-4-8-16(18)17-9-5-7-11-19(17)20/h4-11,15,20-21H,12-14H2,1-3H3,(H2-,26,28,29,30,31,32)/p+1/t15-,21+,27?/m1/s1. The summed E-state index contributed by atoms with van der Waals surface area (Å²) in [6.45, 7) is 5.21. The molecule has 0 radical (unpaired) electrons. The second-order valence-corrected chi connectivity index (χ2v) is 9.76. The van der Waals surface area contributed by atoms with Crippen LogP contribution in [0.3, 0.4) is 0 Å². The quantitative estimate of drug-likeness (QED) is 0.602. The van der Waals surface area contributed by atoms with Gasteiger partial charge in [0.25, 0.3) is 0 Å². The van der Waals surface area contributed by atoms with Crippen molar-refractivity contribution in [1.82, 2.24) is 5.32 Å². The molecule has 1 heterocycles. The van der Waals surface area contributed by atoms with E-state index in [0.717, 1.165) is 22.3 Å². The highest BCUT2D eigenvalue weighted by molar-refractivity contribution is 5.79. The Balaban J connectivity index is 1.47. The first-order chi connectivity index (χ1) is 15.6. The van der Waals surface area contributed by atoms with Gasteiger partial charge in [-0.2, -0.15) is 4.79 Å². The fourth-order valence-corrected chi connectivity index (χ4v) is 5.44. The van der Waals surface area contributed by atoms with E-state index in [2.05, 4.69) is 17.4 Å². The Morgan fingerprint density at radius 2 is 1.55 bits per heavy atom. The maximum Gasteiger partial charge on any atom is 0.514 e. The summed E-state index contributed by atoms with van der Waals surface area (Å²) in [6.07, 6.45) is -1.87. The second kappa shape index (κ2) is 8.19. The Labute approximate surface area is 192 Å². The van der Waals surface area contributed by atoms with Crippen molar-refractivity contribution in [2.75, 3.05) is 13.2 Å². The Kier molecular flexibility index (Phi) is 5.66. The van der Waals surface area contributed by atoms with Crippen molar-refractivity contribution < 1.29 is 33.8 Å². The SMILES string of the molecule is CC(C)(C)[N+]1(C(=O)O)C[C@H](NC(=O)OCC2c3ccccc3-c3ccccc32)C[C@H]1C(=O)O. The molecular formula is C25H29N2O6+. The summed E-state index contributed by atoms with van der Waals surface area (Å²) in [5.74, 6) is -1.29. The smallest absolute Gasteiger partial charge is 0.477 e. The van der Waals surface area contributed by atoms with E-state index in [1.165, 1.54) is 0 Å². The lowest BCUT2D eigenvalue weighted by Crippen LogP contribution is -2.68. The van der Waals surface area contributed by atoms with Crippen LogP contribution in [0.15, 0.2) is 48.5 Å². The van der Waals surface area contributed by atoms with E-state index < -0.39 is 40.3 Å². The zero-order chi connectivity index (χ0) is 24.0. The third kappa shape index (κ3) is 3.74. The highest BCUT2D eigenvalue weighted by atomic mass is 16.5. The number of aliphatic carboxylic acids is 1. The molecule has 1 aliphatic heterocycles. The summed E-state index contributed by atoms with van der Waals surface area (Å²) < 4.78 is 4.90. The Morgan fingerprint density at radius 3 is 2.00 bits per heavy atom. The fourth-order valence-electron chi connectivity index (χ4n) is 5.44. The van der Waals surface area contributed by atoms with Crippen molar-refractivity contribution in [3.8, 4) is 11.1 Å². The maximum absolute atomic E-state index is 12.7. The number of ether oxygens (including phenoxy) is 1. The number of likely N-dealkylation sites (tertiary alicyclic amines) is 1. The summed E-state index contributed by atoms with van der Waals surface area (Å²) in [6, 6.07) is 14.2. The van der Waals surface area contributed by atoms with Crippen LogP contribution < -0.4 is 5.32 Å². The number of nitrogens with zero attached hydrogens (tertiary/aromatic N) is 1. The lowest BCUT2D eigenvalue weighted by atomic mass is 9.98. The normalized spacial score (nSPS) is 24.1. The van der Waals surface area contributed by atoms with Gasteiger partial charge in [-0.3, -0.25) is 0 Å². The van der Waals surface area contributed by atoms with Gasteiger partial charge in [0.2, 0.25) is 0 Å². The topological polar surface area (TPSA) is 113 Å². The number of nitrogens with one attached hydrogen (secondary N) is 1. The lowest BCUT2D eigenvalue weighted by Gasteiger charge is -2.43. The molecule has 2 aromatic rings. The second-order valence-electron chi connectivity index (χ2n) is 9.76. The van der Waals surface area contributed by atoms with Crippen molar-refractivity contribution in [2.45, 2.75) is 50.7 Å². The summed E-state index contributed by atoms with van der Waals surface area (Å²) in [4.78, 5) is 36.8. The van der Waals surface area contributed by atoms with Crippen molar-refractivity contribution >= 4 is 18.2 Å². The number of benzene rings is 2. The van der Waals surface area contributed by atoms with Crippen LogP contribution in [0.4, 0.5) is 9.59 Å². The number of carboxylic acids is 1. The first-order valence-corrected chi connectivity index (χ1v) is 11.0. The highest BCUT2D eigenvalue weighted by Crippen LogP contribution is 2.44. The molecule has 1 fully saturated rings. The molecule has 174 valence electrons. The maximum atomic E-state index is 12.7. The van der Waals surface area contributed by atoms with Crippen LogP contribution in [0.5, 0.6) is 0 Å². The molecule has 0 bridgehead atoms. The first kappa shape index (κ1) is 22.8. The van der Waals surface area contributed by atoms with Crippen molar-refractivity contribution in [1.29, 1.82) is 0 Å². The molecule has 1 unspecified atom stereocenters. The summed E-state index contributed by atoms with van der Waals surface area (Å²) in [5.41, 5.74) is 3.55. The predicted molar refractivity (Wildman–Crippen MR) is 121 cm³/mol. The monoisotopic (exact) mass is 453 g/mol. The molecule has 0 saturated carbocycles. The zero-order valence-corrected chi connectivity index (χ0v) is 18.9. The van der Waals surface area contributed by atoms with E-state index in [-0.39, 0.29) is 25.5 Å². The van der Waals surface area contributed by atoms with Gasteiger partial charge in [-0.1, -0.05) is 48.5 Å². The minimum atomic E-state index is -1.22. The summed E-state index contributed by atoms with van der Waals surface area (Å²) >= 11 is 0. The van der Waals surface area contributed by atoms with Crippen molar-refractivity contribution in [3.05, 3.63) is 59.7 Å². The van der Waals surface area contributed by atoms with Crippen LogP contribution in [0.1, 0.15) is 44.2 Å². The molecule has 2 amide bonds. The molecule has 2 aromatic carbocycles. The number of carbonyl (C=O) groups is 3. The molecule has 0 aromatic heterocycles. The number of hydrogen-bond acceptors (Lipinski definition) is 4. The molecule has 1 aliphatic carbocycles. The van der Waals surface area contributed by atoms with Crippen LogP contribution in [0.2, 0.25) is 0 Å². The van der Waals surface area contributed by atoms with Crippen molar-refractivity contribution in [3.63, 3.8) is 0 Å². The summed E-state index contributed by atoms with van der Waals surface area (Å²) in [7, 11) is 0. The molecule has 33 heavy (non-hydrogen) atoms. The highest BCUT2D eigenvalue weighted by Gasteiger charge is 2.62. The van der Waals surface area contributed by atoms with Gasteiger partial charge in [-0.05, 0) is 43.0 Å². The summed E-state index contributed by atoms with van der Waals surface area (Å²) in [5, 5.41) is 22.4. The number of quaternary nitrogens is 1. The van der Waals surface area contributed by atoms with E-state index in [9.17, 15) is 24.6 Å². The third-order valence-electron chi connectivity index (χ3n) is 7.04. The Morgan fingerprint density at radius 1 is 1.00 bits per heavy atom. The number of hydrogen-bond donors (Lipinski definition) is 3. The van der Waals surface area contributed by atoms with E-state index in [0.29, 0.717) is 0 Å². The molecule has 1 saturated heterocycles. The molecule has 8 nitrogen and oxygen atoms in total. The Bertz CT molecular complexity index is 1060. The largest absolute Gasteiger partial charge is 0.514 e.